The average molecular weight is 435 g/mol. The molecule has 19 heavy (non-hydrogen) atoms. The first kappa shape index (κ1) is 17.8. The molecule has 0 amide bonds. The van der Waals surface area contributed by atoms with E-state index in [0.29, 0.717) is 0 Å². The summed E-state index contributed by atoms with van der Waals surface area (Å²) in [5, 5.41) is 0. The predicted molar refractivity (Wildman–Crippen MR) is 76.4 cm³/mol. The minimum absolute atomic E-state index is 0. The van der Waals surface area contributed by atoms with Gasteiger partial charge in [-0.05, 0) is 17.0 Å². The normalized spacial score (nSPS) is 10.3. The monoisotopic (exact) mass is 435 g/mol. The first-order valence-electron chi connectivity index (χ1n) is 5.86. The van der Waals surface area contributed by atoms with Gasteiger partial charge in [0.2, 0.25) is 0 Å². The van der Waals surface area contributed by atoms with Gasteiger partial charge in [-0.1, -0.05) is 32.9 Å². The zero-order chi connectivity index (χ0) is 12.5. The van der Waals surface area contributed by atoms with Crippen molar-refractivity contribution in [2.45, 2.75) is 26.2 Å². The molecular weight excluding hydrogens is 414 g/mol. The van der Waals surface area contributed by atoms with Crippen molar-refractivity contribution in [3.05, 3.63) is 60.6 Å². The Morgan fingerprint density at radius 3 is 2.11 bits per heavy atom. The largest absolute Gasteiger partial charge is 0.412 e. The first-order valence-corrected chi connectivity index (χ1v) is 5.86. The van der Waals surface area contributed by atoms with Crippen LogP contribution in [0, 0.1) is 6.92 Å². The van der Waals surface area contributed by atoms with Gasteiger partial charge in [0.25, 0.3) is 0 Å². The second-order valence-corrected chi connectivity index (χ2v) is 5.34. The molecule has 3 heteroatoms. The molecule has 2 aromatic rings. The van der Waals surface area contributed by atoms with Crippen LogP contribution in [0.25, 0.3) is 11.3 Å². The zero-order valence-electron chi connectivity index (χ0n) is 11.5. The van der Waals surface area contributed by atoms with Crippen LogP contribution in [0.4, 0.5) is 0 Å². The Bertz CT molecular complexity index is 515. The maximum atomic E-state index is 4.54. The van der Waals surface area contributed by atoms with Crippen molar-refractivity contribution in [1.29, 1.82) is 0 Å². The van der Waals surface area contributed by atoms with Crippen LogP contribution >= 0.6 is 0 Å². The fourth-order valence-electron chi connectivity index (χ4n) is 1.77. The molecule has 105 valence electrons. The second kappa shape index (κ2) is 6.85. The maximum Gasteiger partial charge on any atom is 0.0299 e. The number of aromatic nitrogens is 1. The van der Waals surface area contributed by atoms with Gasteiger partial charge in [0.15, 0.2) is 0 Å². The Hall–Kier alpha value is -1.15. The molecule has 0 aliphatic carbocycles. The number of benzene rings is 1. The molecule has 1 aromatic carbocycles. The minimum Gasteiger partial charge on any atom is -0.412 e. The van der Waals surface area contributed by atoms with E-state index in [2.05, 4.69) is 50.9 Å². The molecule has 0 unspecified atom stereocenters. The molecule has 0 saturated carbocycles. The van der Waals surface area contributed by atoms with Crippen LogP contribution < -0.4 is 0 Å². The van der Waals surface area contributed by atoms with Crippen molar-refractivity contribution in [2.75, 3.05) is 0 Å². The molecule has 0 aliphatic rings. The summed E-state index contributed by atoms with van der Waals surface area (Å²) in [7, 11) is 0. The predicted octanol–water partition coefficient (Wildman–Crippen LogP) is 3.40. The topological polar surface area (TPSA) is 44.4 Å². The smallest absolute Gasteiger partial charge is 0.0299 e. The molecule has 2 N–H and O–H groups in total. The van der Waals surface area contributed by atoms with E-state index in [9.17, 15) is 0 Å². The summed E-state index contributed by atoms with van der Waals surface area (Å²) in [6.07, 6.45) is 1.96. The number of pyridine rings is 1. The third-order valence-electron chi connectivity index (χ3n) is 2.92. The fraction of sp³-hybridized carbons (Fsp3) is 0.250. The third kappa shape index (κ3) is 4.17. The molecular formula is C16H20IrNO-. The third-order valence-corrected chi connectivity index (χ3v) is 2.92. The molecule has 2 nitrogen and oxygen atoms in total. The van der Waals surface area contributed by atoms with Gasteiger partial charge < -0.3 is 5.48 Å². The van der Waals surface area contributed by atoms with Crippen molar-refractivity contribution in [1.82, 2.24) is 4.98 Å². The molecule has 0 atom stereocenters. The minimum atomic E-state index is 0. The van der Waals surface area contributed by atoms with Gasteiger partial charge >= 0.3 is 0 Å². The number of nitrogens with zero attached hydrogens (tertiary/aromatic N) is 1. The Morgan fingerprint density at radius 2 is 1.63 bits per heavy atom. The Balaban J connectivity index is 0.00000162. The van der Waals surface area contributed by atoms with E-state index in [1.54, 1.807) is 0 Å². The second-order valence-electron chi connectivity index (χ2n) is 5.34. The van der Waals surface area contributed by atoms with Crippen molar-refractivity contribution in [3.63, 3.8) is 0 Å². The van der Waals surface area contributed by atoms with Crippen LogP contribution in [0.5, 0.6) is 0 Å². The van der Waals surface area contributed by atoms with E-state index in [4.69, 9.17) is 0 Å². The van der Waals surface area contributed by atoms with Gasteiger partial charge in [0.1, 0.15) is 0 Å². The summed E-state index contributed by atoms with van der Waals surface area (Å²) in [4.78, 5) is 4.54. The van der Waals surface area contributed by atoms with Crippen LogP contribution in [0.1, 0.15) is 31.9 Å². The standard InChI is InChI=1S/C16H18N.Ir.H2O/c1-12-7-5-6-8-14(12)15-10-9-13(11-17-15)16(2,3)4;;/h5-11H,1H2,2-4H3;;1H2/q-1;;. The molecule has 0 bridgehead atoms. The van der Waals surface area contributed by atoms with Crippen LogP contribution in [0.2, 0.25) is 0 Å². The number of hydrogen-bond donors (Lipinski definition) is 0. The fourth-order valence-corrected chi connectivity index (χ4v) is 1.77. The van der Waals surface area contributed by atoms with Crippen molar-refractivity contribution in [3.8, 4) is 11.3 Å². The van der Waals surface area contributed by atoms with E-state index in [1.165, 1.54) is 5.56 Å². The molecule has 1 heterocycles. The SMILES string of the molecule is O.[CH2-]c1ccccc1-c1ccc(C(C)(C)C)cn1.[Ir]. The van der Waals surface area contributed by atoms with Gasteiger partial charge in [-0.25, -0.2) is 0 Å². The van der Waals surface area contributed by atoms with Crippen molar-refractivity contribution in [2.24, 2.45) is 0 Å². The van der Waals surface area contributed by atoms with Crippen molar-refractivity contribution >= 4 is 0 Å². The summed E-state index contributed by atoms with van der Waals surface area (Å²) in [5.74, 6) is 0. The van der Waals surface area contributed by atoms with Gasteiger partial charge in [0, 0.05) is 32.0 Å². The maximum absolute atomic E-state index is 4.54. The Kier molecular flexibility index (Phi) is 6.44. The van der Waals surface area contributed by atoms with E-state index in [-0.39, 0.29) is 31.0 Å². The first-order chi connectivity index (χ1) is 7.98. The Morgan fingerprint density at radius 1 is 1.00 bits per heavy atom. The summed E-state index contributed by atoms with van der Waals surface area (Å²) in [6, 6.07) is 12.3. The van der Waals surface area contributed by atoms with Gasteiger partial charge in [0.05, 0.1) is 0 Å². The van der Waals surface area contributed by atoms with Crippen molar-refractivity contribution < 1.29 is 25.6 Å². The van der Waals surface area contributed by atoms with Crippen LogP contribution in [-0.2, 0) is 25.5 Å². The zero-order valence-corrected chi connectivity index (χ0v) is 13.9. The van der Waals surface area contributed by atoms with Crippen LogP contribution in [0.3, 0.4) is 0 Å². The summed E-state index contributed by atoms with van der Waals surface area (Å²) in [5.41, 5.74) is 4.51. The average Bonchev–Trinajstić information content (AvgIpc) is 2.29. The van der Waals surface area contributed by atoms with E-state index in [1.807, 2.05) is 24.4 Å². The molecule has 0 saturated heterocycles. The van der Waals surface area contributed by atoms with E-state index >= 15 is 0 Å². The molecule has 0 spiro atoms. The Labute approximate surface area is 128 Å². The van der Waals surface area contributed by atoms with Gasteiger partial charge in [-0.15, -0.1) is 17.7 Å². The summed E-state index contributed by atoms with van der Waals surface area (Å²) >= 11 is 0. The van der Waals surface area contributed by atoms with Gasteiger partial charge in [-0.3, -0.25) is 4.98 Å². The molecule has 0 fully saturated rings. The van der Waals surface area contributed by atoms with Gasteiger partial charge in [-0.2, -0.15) is 18.6 Å². The quantitative estimate of drug-likeness (QED) is 0.635. The molecule has 2 rings (SSSR count). The molecule has 0 aliphatic heterocycles. The van der Waals surface area contributed by atoms with Crippen LogP contribution in [0.15, 0.2) is 42.6 Å². The number of rotatable bonds is 1. The number of hydrogen-bond acceptors (Lipinski definition) is 1. The van der Waals surface area contributed by atoms with E-state index in [0.717, 1.165) is 16.8 Å². The molecule has 1 aromatic heterocycles. The van der Waals surface area contributed by atoms with E-state index < -0.39 is 0 Å². The molecule has 1 radical (unpaired) electrons. The summed E-state index contributed by atoms with van der Waals surface area (Å²) in [6.45, 7) is 10.6. The van der Waals surface area contributed by atoms with Crippen LogP contribution in [-0.4, -0.2) is 10.5 Å². The summed E-state index contributed by atoms with van der Waals surface area (Å²) < 4.78 is 0.